The number of carbonyl (C=O) groups is 1. The van der Waals surface area contributed by atoms with E-state index in [0.29, 0.717) is 5.78 Å². The molecule has 1 aromatic carbocycles. The number of aromatic nitrogens is 1. The van der Waals surface area contributed by atoms with E-state index in [1.54, 1.807) is 0 Å². The van der Waals surface area contributed by atoms with Gasteiger partial charge in [-0.15, -0.1) is 0 Å². The van der Waals surface area contributed by atoms with Crippen LogP contribution >= 0.6 is 0 Å². The lowest BCUT2D eigenvalue weighted by Gasteiger charge is -2.40. The third-order valence-corrected chi connectivity index (χ3v) is 5.34. The van der Waals surface area contributed by atoms with Crippen molar-refractivity contribution in [3.63, 3.8) is 0 Å². The standard InChI is InChI=1S/C20H21NO/c22-19-14-20(11-5-2-6-12-20)13-18-16(19)9-10-17(21-18)15-7-3-1-4-8-15/h1,3-4,7-10H,2,5-6,11-14H2. The summed E-state index contributed by atoms with van der Waals surface area (Å²) in [6.45, 7) is 0. The molecule has 0 unspecified atom stereocenters. The summed E-state index contributed by atoms with van der Waals surface area (Å²) in [5.74, 6) is 0.301. The van der Waals surface area contributed by atoms with E-state index < -0.39 is 0 Å². The second-order valence-electron chi connectivity index (χ2n) is 6.89. The summed E-state index contributed by atoms with van der Waals surface area (Å²) in [5, 5.41) is 0. The zero-order chi connectivity index (χ0) is 15.0. The monoisotopic (exact) mass is 291 g/mol. The van der Waals surface area contributed by atoms with Crippen LogP contribution in [-0.2, 0) is 6.42 Å². The van der Waals surface area contributed by atoms with E-state index in [-0.39, 0.29) is 5.41 Å². The molecule has 1 spiro atoms. The normalized spacial score (nSPS) is 19.9. The van der Waals surface area contributed by atoms with Gasteiger partial charge in [-0.2, -0.15) is 0 Å². The Morgan fingerprint density at radius 2 is 1.64 bits per heavy atom. The summed E-state index contributed by atoms with van der Waals surface area (Å²) in [7, 11) is 0. The Bertz CT molecular complexity index is 699. The second-order valence-corrected chi connectivity index (χ2v) is 6.89. The highest BCUT2D eigenvalue weighted by atomic mass is 16.1. The zero-order valence-corrected chi connectivity index (χ0v) is 12.8. The van der Waals surface area contributed by atoms with Crippen LogP contribution in [0, 0.1) is 5.41 Å². The third kappa shape index (κ3) is 2.37. The minimum Gasteiger partial charge on any atom is -0.294 e. The number of benzene rings is 1. The summed E-state index contributed by atoms with van der Waals surface area (Å²) in [6.07, 6.45) is 7.94. The molecule has 0 aliphatic heterocycles. The number of fused-ring (bicyclic) bond motifs is 1. The number of Topliss-reactive ketones (excluding diaryl/α,β-unsaturated/α-hetero) is 1. The van der Waals surface area contributed by atoms with Gasteiger partial charge in [-0.25, -0.2) is 0 Å². The van der Waals surface area contributed by atoms with Crippen LogP contribution in [0.15, 0.2) is 42.5 Å². The van der Waals surface area contributed by atoms with Crippen LogP contribution in [0.5, 0.6) is 0 Å². The average Bonchev–Trinajstić information content (AvgIpc) is 2.56. The molecule has 1 aromatic heterocycles. The van der Waals surface area contributed by atoms with Crippen molar-refractivity contribution in [1.29, 1.82) is 0 Å². The second kappa shape index (κ2) is 5.35. The zero-order valence-electron chi connectivity index (χ0n) is 12.8. The number of nitrogens with zero attached hydrogens (tertiary/aromatic N) is 1. The van der Waals surface area contributed by atoms with Gasteiger partial charge >= 0.3 is 0 Å². The topological polar surface area (TPSA) is 30.0 Å². The minimum absolute atomic E-state index is 0.199. The van der Waals surface area contributed by atoms with Gasteiger partial charge in [0.15, 0.2) is 5.78 Å². The van der Waals surface area contributed by atoms with Crippen LogP contribution in [0.1, 0.15) is 54.6 Å². The Balaban J connectivity index is 1.73. The lowest BCUT2D eigenvalue weighted by molar-refractivity contribution is 0.0818. The van der Waals surface area contributed by atoms with Crippen LogP contribution < -0.4 is 0 Å². The first-order chi connectivity index (χ1) is 10.8. The van der Waals surface area contributed by atoms with Gasteiger partial charge in [0, 0.05) is 17.5 Å². The van der Waals surface area contributed by atoms with Crippen LogP contribution in [0.4, 0.5) is 0 Å². The molecule has 1 heterocycles. The van der Waals surface area contributed by atoms with Gasteiger partial charge in [-0.3, -0.25) is 9.78 Å². The highest BCUT2D eigenvalue weighted by molar-refractivity contribution is 5.99. The lowest BCUT2D eigenvalue weighted by atomic mass is 9.64. The number of carbonyl (C=O) groups excluding carboxylic acids is 1. The van der Waals surface area contributed by atoms with E-state index in [2.05, 4.69) is 12.1 Å². The molecule has 0 bridgehead atoms. The molecule has 112 valence electrons. The smallest absolute Gasteiger partial charge is 0.165 e. The van der Waals surface area contributed by atoms with Gasteiger partial charge < -0.3 is 0 Å². The van der Waals surface area contributed by atoms with Crippen LogP contribution in [0.3, 0.4) is 0 Å². The Morgan fingerprint density at radius 3 is 2.41 bits per heavy atom. The quantitative estimate of drug-likeness (QED) is 0.753. The first-order valence-corrected chi connectivity index (χ1v) is 8.34. The summed E-state index contributed by atoms with van der Waals surface area (Å²) in [4.78, 5) is 17.4. The molecular formula is C20H21NO. The van der Waals surface area contributed by atoms with Crippen LogP contribution in [0.2, 0.25) is 0 Å². The van der Waals surface area contributed by atoms with Gasteiger partial charge in [0.25, 0.3) is 0 Å². The van der Waals surface area contributed by atoms with Gasteiger partial charge in [-0.1, -0.05) is 49.6 Å². The predicted molar refractivity (Wildman–Crippen MR) is 87.8 cm³/mol. The van der Waals surface area contributed by atoms with Crippen molar-refractivity contribution in [3.05, 3.63) is 53.7 Å². The Labute approximate surface area is 131 Å². The van der Waals surface area contributed by atoms with Crippen molar-refractivity contribution in [1.82, 2.24) is 4.98 Å². The molecule has 0 radical (unpaired) electrons. The van der Waals surface area contributed by atoms with Crippen molar-refractivity contribution in [2.75, 3.05) is 0 Å². The fourth-order valence-corrected chi connectivity index (χ4v) is 4.17. The molecule has 0 N–H and O–H groups in total. The number of hydrogen-bond donors (Lipinski definition) is 0. The molecule has 2 nitrogen and oxygen atoms in total. The first kappa shape index (κ1) is 13.7. The molecule has 1 saturated carbocycles. The maximum absolute atomic E-state index is 12.6. The van der Waals surface area contributed by atoms with Gasteiger partial charge in [-0.05, 0) is 36.8 Å². The maximum atomic E-state index is 12.6. The van der Waals surface area contributed by atoms with Crippen molar-refractivity contribution >= 4 is 5.78 Å². The molecule has 2 aliphatic rings. The van der Waals surface area contributed by atoms with Crippen molar-refractivity contribution in [2.24, 2.45) is 5.41 Å². The lowest BCUT2D eigenvalue weighted by Crippen LogP contribution is -2.35. The van der Waals surface area contributed by atoms with Crippen molar-refractivity contribution in [3.8, 4) is 11.3 Å². The Kier molecular flexibility index (Phi) is 3.33. The number of ketones is 1. The summed E-state index contributed by atoms with van der Waals surface area (Å²) >= 11 is 0. The third-order valence-electron chi connectivity index (χ3n) is 5.34. The highest BCUT2D eigenvalue weighted by Gasteiger charge is 2.39. The summed E-state index contributed by atoms with van der Waals surface area (Å²) in [5.41, 5.74) is 4.20. The molecule has 1 fully saturated rings. The molecular weight excluding hydrogens is 270 g/mol. The van der Waals surface area contributed by atoms with Crippen LogP contribution in [-0.4, -0.2) is 10.8 Å². The van der Waals surface area contributed by atoms with Gasteiger partial charge in [0.2, 0.25) is 0 Å². The number of pyridine rings is 1. The molecule has 2 aliphatic carbocycles. The number of rotatable bonds is 1. The Morgan fingerprint density at radius 1 is 0.864 bits per heavy atom. The van der Waals surface area contributed by atoms with E-state index in [0.717, 1.165) is 35.4 Å². The van der Waals surface area contributed by atoms with Gasteiger partial charge in [0.1, 0.15) is 0 Å². The van der Waals surface area contributed by atoms with E-state index in [4.69, 9.17) is 4.98 Å². The molecule has 22 heavy (non-hydrogen) atoms. The highest BCUT2D eigenvalue weighted by Crippen LogP contribution is 2.46. The van der Waals surface area contributed by atoms with E-state index >= 15 is 0 Å². The van der Waals surface area contributed by atoms with E-state index in [9.17, 15) is 4.79 Å². The molecule has 4 rings (SSSR count). The molecule has 2 heteroatoms. The molecule has 0 atom stereocenters. The van der Waals surface area contributed by atoms with Crippen LogP contribution in [0.25, 0.3) is 11.3 Å². The fraction of sp³-hybridized carbons (Fsp3) is 0.400. The minimum atomic E-state index is 0.199. The Hall–Kier alpha value is -1.96. The molecule has 0 amide bonds. The summed E-state index contributed by atoms with van der Waals surface area (Å²) in [6, 6.07) is 14.2. The molecule has 2 aromatic rings. The summed E-state index contributed by atoms with van der Waals surface area (Å²) < 4.78 is 0. The molecule has 0 saturated heterocycles. The average molecular weight is 291 g/mol. The predicted octanol–water partition coefficient (Wildman–Crippen LogP) is 4.83. The SMILES string of the molecule is O=C1CC2(CCCCC2)Cc2nc(-c3ccccc3)ccc21. The largest absolute Gasteiger partial charge is 0.294 e. The van der Waals surface area contributed by atoms with Gasteiger partial charge in [0.05, 0.1) is 11.4 Å². The fourth-order valence-electron chi connectivity index (χ4n) is 4.17. The van der Waals surface area contributed by atoms with Crippen molar-refractivity contribution in [2.45, 2.75) is 44.9 Å². The van der Waals surface area contributed by atoms with Crippen molar-refractivity contribution < 1.29 is 4.79 Å². The number of hydrogen-bond acceptors (Lipinski definition) is 2. The first-order valence-electron chi connectivity index (χ1n) is 8.34. The maximum Gasteiger partial charge on any atom is 0.165 e. The van der Waals surface area contributed by atoms with E-state index in [1.165, 1.54) is 32.1 Å². The van der Waals surface area contributed by atoms with E-state index in [1.807, 2.05) is 30.3 Å².